The summed E-state index contributed by atoms with van der Waals surface area (Å²) < 4.78 is 18.4. The van der Waals surface area contributed by atoms with Crippen molar-refractivity contribution >= 4 is 23.5 Å². The van der Waals surface area contributed by atoms with Gasteiger partial charge in [-0.15, -0.1) is 0 Å². The van der Waals surface area contributed by atoms with E-state index in [4.69, 9.17) is 4.74 Å². The molecule has 164 valence electrons. The minimum Gasteiger partial charge on any atom is -0.452 e. The van der Waals surface area contributed by atoms with Gasteiger partial charge in [-0.25, -0.2) is 4.39 Å². The highest BCUT2D eigenvalue weighted by Crippen LogP contribution is 2.22. The number of amides is 2. The molecule has 31 heavy (non-hydrogen) atoms. The molecule has 0 bridgehead atoms. The Bertz CT molecular complexity index is 966. The van der Waals surface area contributed by atoms with Crippen molar-refractivity contribution in [3.05, 3.63) is 65.0 Å². The molecule has 1 aliphatic heterocycles. The summed E-state index contributed by atoms with van der Waals surface area (Å²) in [6.07, 6.45) is -0.0129. The lowest BCUT2D eigenvalue weighted by Gasteiger charge is -2.31. The Morgan fingerprint density at radius 1 is 1.06 bits per heavy atom. The van der Waals surface area contributed by atoms with E-state index in [1.807, 2.05) is 32.0 Å². The van der Waals surface area contributed by atoms with Crippen molar-refractivity contribution in [3.63, 3.8) is 0 Å². The van der Waals surface area contributed by atoms with Crippen LogP contribution in [0.5, 0.6) is 0 Å². The minimum atomic E-state index is -0.924. The quantitative estimate of drug-likeness (QED) is 0.737. The highest BCUT2D eigenvalue weighted by Gasteiger charge is 2.30. The van der Waals surface area contributed by atoms with Crippen LogP contribution in [-0.4, -0.2) is 41.9 Å². The van der Waals surface area contributed by atoms with E-state index in [1.165, 1.54) is 24.3 Å². The maximum absolute atomic E-state index is 13.0. The smallest absolute Gasteiger partial charge is 0.309 e. The third kappa shape index (κ3) is 5.69. The predicted octanol–water partition coefficient (Wildman–Crippen LogP) is 3.87. The van der Waals surface area contributed by atoms with Crippen LogP contribution in [-0.2, 0) is 14.3 Å². The van der Waals surface area contributed by atoms with Crippen LogP contribution < -0.4 is 5.32 Å². The van der Waals surface area contributed by atoms with Crippen LogP contribution in [0, 0.1) is 25.6 Å². The number of piperidine rings is 1. The number of rotatable bonds is 5. The predicted molar refractivity (Wildman–Crippen MR) is 115 cm³/mol. The van der Waals surface area contributed by atoms with Crippen molar-refractivity contribution in [2.24, 2.45) is 5.92 Å². The molecular formula is C24H27FN2O4. The number of hydrogen-bond donors (Lipinski definition) is 1. The number of benzene rings is 2. The summed E-state index contributed by atoms with van der Waals surface area (Å²) in [6.45, 7) is 6.23. The molecule has 0 radical (unpaired) electrons. The minimum absolute atomic E-state index is 0.187. The van der Waals surface area contributed by atoms with Crippen LogP contribution in [0.4, 0.5) is 10.1 Å². The Hall–Kier alpha value is -3.22. The number of anilines is 1. The number of halogens is 1. The van der Waals surface area contributed by atoms with Crippen LogP contribution in [0.15, 0.2) is 42.5 Å². The largest absolute Gasteiger partial charge is 0.452 e. The zero-order valence-corrected chi connectivity index (χ0v) is 18.0. The molecule has 2 aromatic rings. The first-order chi connectivity index (χ1) is 14.7. The molecule has 1 aliphatic rings. The van der Waals surface area contributed by atoms with Gasteiger partial charge in [-0.3, -0.25) is 14.4 Å². The van der Waals surface area contributed by atoms with Gasteiger partial charge in [0.05, 0.1) is 5.92 Å². The molecule has 2 aromatic carbocycles. The van der Waals surface area contributed by atoms with Gasteiger partial charge in [0.1, 0.15) is 5.82 Å². The molecule has 6 nitrogen and oxygen atoms in total. The average molecular weight is 426 g/mol. The Balaban J connectivity index is 1.49. The maximum Gasteiger partial charge on any atom is 0.309 e. The lowest BCUT2D eigenvalue weighted by molar-refractivity contribution is -0.158. The Labute approximate surface area is 181 Å². The maximum atomic E-state index is 13.0. The van der Waals surface area contributed by atoms with E-state index >= 15 is 0 Å². The molecule has 0 aromatic heterocycles. The van der Waals surface area contributed by atoms with Crippen LogP contribution >= 0.6 is 0 Å². The molecule has 1 saturated heterocycles. The molecule has 1 atom stereocenters. The fraction of sp³-hybridized carbons (Fsp3) is 0.375. The number of nitrogens with zero attached hydrogens (tertiary/aromatic N) is 1. The number of nitrogens with one attached hydrogen (secondary N) is 1. The van der Waals surface area contributed by atoms with Crippen molar-refractivity contribution in [1.82, 2.24) is 4.90 Å². The van der Waals surface area contributed by atoms with Gasteiger partial charge >= 0.3 is 5.97 Å². The summed E-state index contributed by atoms with van der Waals surface area (Å²) in [4.78, 5) is 39.1. The fourth-order valence-electron chi connectivity index (χ4n) is 3.61. The summed E-state index contributed by atoms with van der Waals surface area (Å²) in [6, 6.07) is 11.1. The highest BCUT2D eigenvalue weighted by molar-refractivity contribution is 5.96. The van der Waals surface area contributed by atoms with Crippen molar-refractivity contribution in [1.29, 1.82) is 0 Å². The van der Waals surface area contributed by atoms with Crippen LogP contribution in [0.1, 0.15) is 41.3 Å². The lowest BCUT2D eigenvalue weighted by atomic mass is 9.96. The van der Waals surface area contributed by atoms with E-state index < -0.39 is 17.9 Å². The molecule has 1 N–H and O–H groups in total. The van der Waals surface area contributed by atoms with Gasteiger partial charge in [-0.2, -0.15) is 0 Å². The molecule has 2 amide bonds. The van der Waals surface area contributed by atoms with Gasteiger partial charge in [0.2, 0.25) is 0 Å². The van der Waals surface area contributed by atoms with Crippen molar-refractivity contribution in [2.75, 3.05) is 18.4 Å². The molecule has 0 unspecified atom stereocenters. The zero-order valence-electron chi connectivity index (χ0n) is 18.0. The Morgan fingerprint density at radius 3 is 2.32 bits per heavy atom. The summed E-state index contributed by atoms with van der Waals surface area (Å²) in [5.41, 5.74) is 3.13. The third-order valence-corrected chi connectivity index (χ3v) is 5.51. The second-order valence-electron chi connectivity index (χ2n) is 7.96. The molecule has 0 saturated carbocycles. The normalized spacial score (nSPS) is 15.3. The Kier molecular flexibility index (Phi) is 7.05. The first-order valence-corrected chi connectivity index (χ1v) is 10.4. The molecule has 1 heterocycles. The van der Waals surface area contributed by atoms with E-state index in [1.54, 1.807) is 11.8 Å². The van der Waals surface area contributed by atoms with E-state index in [2.05, 4.69) is 5.32 Å². The highest BCUT2D eigenvalue weighted by atomic mass is 19.1. The van der Waals surface area contributed by atoms with Crippen molar-refractivity contribution < 1.29 is 23.5 Å². The van der Waals surface area contributed by atoms with Gasteiger partial charge < -0.3 is 15.0 Å². The van der Waals surface area contributed by atoms with Crippen LogP contribution in [0.3, 0.4) is 0 Å². The molecule has 0 aliphatic carbocycles. The van der Waals surface area contributed by atoms with Crippen LogP contribution in [0.25, 0.3) is 0 Å². The van der Waals surface area contributed by atoms with Gasteiger partial charge in [-0.05, 0) is 69.5 Å². The molecule has 1 fully saturated rings. The van der Waals surface area contributed by atoms with Crippen molar-refractivity contribution in [2.45, 2.75) is 39.7 Å². The topological polar surface area (TPSA) is 75.7 Å². The van der Waals surface area contributed by atoms with Gasteiger partial charge in [0.25, 0.3) is 11.8 Å². The first-order valence-electron chi connectivity index (χ1n) is 10.4. The number of ether oxygens (including phenoxy) is 1. The standard InChI is InChI=1S/C24H27FN2O4/c1-15-4-9-21(16(2)14-15)26-22(28)17(3)31-24(30)19-10-12-27(13-11-19)23(29)18-5-7-20(25)8-6-18/h4-9,14,17,19H,10-13H2,1-3H3,(H,26,28)/t17-/m1/s1. The summed E-state index contributed by atoms with van der Waals surface area (Å²) >= 11 is 0. The molecule has 3 rings (SSSR count). The van der Waals surface area contributed by atoms with E-state index in [9.17, 15) is 18.8 Å². The zero-order chi connectivity index (χ0) is 22.5. The van der Waals surface area contributed by atoms with E-state index in [0.717, 1.165) is 11.1 Å². The SMILES string of the molecule is Cc1ccc(NC(=O)[C@@H](C)OC(=O)C2CCN(C(=O)c3ccc(F)cc3)CC2)c(C)c1. The second-order valence-corrected chi connectivity index (χ2v) is 7.96. The van der Waals surface area contributed by atoms with Crippen LogP contribution in [0.2, 0.25) is 0 Å². The number of likely N-dealkylation sites (tertiary alicyclic amines) is 1. The number of aryl methyl sites for hydroxylation is 2. The average Bonchev–Trinajstić information content (AvgIpc) is 2.75. The first kappa shape index (κ1) is 22.5. The molecule has 0 spiro atoms. The number of carbonyl (C=O) groups excluding carboxylic acids is 3. The third-order valence-electron chi connectivity index (χ3n) is 5.51. The second kappa shape index (κ2) is 9.73. The van der Waals surface area contributed by atoms with Gasteiger partial charge in [0.15, 0.2) is 6.10 Å². The van der Waals surface area contributed by atoms with E-state index in [-0.39, 0.29) is 17.7 Å². The molecular weight excluding hydrogens is 399 g/mol. The summed E-state index contributed by atoms with van der Waals surface area (Å²) in [7, 11) is 0. The van der Waals surface area contributed by atoms with Gasteiger partial charge in [0, 0.05) is 24.3 Å². The number of esters is 1. The van der Waals surface area contributed by atoms with Gasteiger partial charge in [-0.1, -0.05) is 17.7 Å². The summed E-state index contributed by atoms with van der Waals surface area (Å²) in [5, 5.41) is 2.79. The van der Waals surface area contributed by atoms with E-state index in [0.29, 0.717) is 37.2 Å². The van der Waals surface area contributed by atoms with Crippen molar-refractivity contribution in [3.8, 4) is 0 Å². The lowest BCUT2D eigenvalue weighted by Crippen LogP contribution is -2.41. The monoisotopic (exact) mass is 426 g/mol. The fourth-order valence-corrected chi connectivity index (χ4v) is 3.61. The number of hydrogen-bond acceptors (Lipinski definition) is 4. The Morgan fingerprint density at radius 2 is 1.71 bits per heavy atom. The summed E-state index contributed by atoms with van der Waals surface area (Å²) in [5.74, 6) is -1.77. The molecule has 7 heteroatoms. The number of carbonyl (C=O) groups is 3.